The highest BCUT2D eigenvalue weighted by molar-refractivity contribution is 6.30. The van der Waals surface area contributed by atoms with Gasteiger partial charge in [-0.05, 0) is 24.3 Å². The van der Waals surface area contributed by atoms with Crippen LogP contribution in [0.15, 0.2) is 34.9 Å². The van der Waals surface area contributed by atoms with Crippen molar-refractivity contribution in [2.45, 2.75) is 6.54 Å². The molecule has 0 aliphatic heterocycles. The Morgan fingerprint density at radius 3 is 2.78 bits per heavy atom. The predicted octanol–water partition coefficient (Wildman–Crippen LogP) is 3.38. The normalized spacial score (nSPS) is 10.3. The molecule has 0 aliphatic carbocycles. The lowest BCUT2D eigenvalue weighted by Gasteiger charge is -2.04. The zero-order valence-electron chi connectivity index (χ0n) is 9.11. The fourth-order valence-electron chi connectivity index (χ4n) is 1.43. The molecule has 94 valence electrons. The molecular formula is C12H9ClFNO3. The molecule has 0 amide bonds. The third-order valence-corrected chi connectivity index (χ3v) is 2.45. The molecule has 0 radical (unpaired) electrons. The molecule has 0 spiro atoms. The van der Waals surface area contributed by atoms with Crippen LogP contribution < -0.4 is 5.32 Å². The Kier molecular flexibility index (Phi) is 3.53. The quantitative estimate of drug-likeness (QED) is 0.893. The standard InChI is InChI=1S/C12H9ClFNO3/c13-8-2-9(14)4-10(3-8)15-5-11-1-7(6-18-11)12(16)17/h1-4,6,15H,5H2,(H,16,17). The fourth-order valence-corrected chi connectivity index (χ4v) is 1.65. The highest BCUT2D eigenvalue weighted by atomic mass is 35.5. The molecule has 0 unspecified atom stereocenters. The first-order valence-corrected chi connectivity index (χ1v) is 5.43. The summed E-state index contributed by atoms with van der Waals surface area (Å²) in [6.45, 7) is 0.243. The maximum absolute atomic E-state index is 13.0. The third kappa shape index (κ3) is 3.01. The first-order chi connectivity index (χ1) is 8.54. The molecule has 18 heavy (non-hydrogen) atoms. The molecule has 0 saturated heterocycles. The topological polar surface area (TPSA) is 62.5 Å². The lowest BCUT2D eigenvalue weighted by atomic mass is 10.3. The molecule has 4 nitrogen and oxygen atoms in total. The summed E-state index contributed by atoms with van der Waals surface area (Å²) in [7, 11) is 0. The third-order valence-electron chi connectivity index (χ3n) is 2.23. The molecule has 0 aliphatic rings. The second-order valence-corrected chi connectivity index (χ2v) is 4.05. The van der Waals surface area contributed by atoms with Gasteiger partial charge in [0.05, 0.1) is 12.1 Å². The van der Waals surface area contributed by atoms with Crippen molar-refractivity contribution in [2.24, 2.45) is 0 Å². The number of benzene rings is 1. The van der Waals surface area contributed by atoms with Crippen LogP contribution in [0.1, 0.15) is 16.1 Å². The lowest BCUT2D eigenvalue weighted by molar-refractivity contribution is 0.0696. The van der Waals surface area contributed by atoms with Crippen molar-refractivity contribution in [1.29, 1.82) is 0 Å². The van der Waals surface area contributed by atoms with Crippen LogP contribution in [-0.2, 0) is 6.54 Å². The fraction of sp³-hybridized carbons (Fsp3) is 0.0833. The van der Waals surface area contributed by atoms with Crippen LogP contribution in [0.3, 0.4) is 0 Å². The number of furan rings is 1. The van der Waals surface area contributed by atoms with Crippen LogP contribution >= 0.6 is 11.6 Å². The average Bonchev–Trinajstić information content (AvgIpc) is 2.73. The number of nitrogens with one attached hydrogen (secondary N) is 1. The SMILES string of the molecule is O=C(O)c1coc(CNc2cc(F)cc(Cl)c2)c1. The molecule has 0 atom stereocenters. The van der Waals surface area contributed by atoms with Gasteiger partial charge in [0.15, 0.2) is 0 Å². The number of hydrogen-bond acceptors (Lipinski definition) is 3. The zero-order chi connectivity index (χ0) is 13.1. The van der Waals surface area contributed by atoms with E-state index in [0.717, 1.165) is 6.26 Å². The van der Waals surface area contributed by atoms with Crippen LogP contribution in [-0.4, -0.2) is 11.1 Å². The van der Waals surface area contributed by atoms with Gasteiger partial charge < -0.3 is 14.8 Å². The van der Waals surface area contributed by atoms with Gasteiger partial charge >= 0.3 is 5.97 Å². The van der Waals surface area contributed by atoms with E-state index in [1.165, 1.54) is 18.2 Å². The molecule has 1 heterocycles. The number of carbonyl (C=O) groups is 1. The van der Waals surface area contributed by atoms with E-state index < -0.39 is 11.8 Å². The van der Waals surface area contributed by atoms with E-state index in [1.54, 1.807) is 6.07 Å². The number of carboxylic acid groups (broad SMARTS) is 1. The van der Waals surface area contributed by atoms with Gasteiger partial charge in [0, 0.05) is 10.7 Å². The molecule has 0 bridgehead atoms. The van der Waals surface area contributed by atoms with E-state index >= 15 is 0 Å². The molecule has 1 aromatic carbocycles. The second kappa shape index (κ2) is 5.10. The molecule has 0 fully saturated rings. The summed E-state index contributed by atoms with van der Waals surface area (Å²) >= 11 is 5.70. The number of anilines is 1. The number of aromatic carboxylic acids is 1. The molecule has 0 saturated carbocycles. The van der Waals surface area contributed by atoms with Crippen LogP contribution in [0.2, 0.25) is 5.02 Å². The Morgan fingerprint density at radius 2 is 2.17 bits per heavy atom. The number of rotatable bonds is 4. The van der Waals surface area contributed by atoms with E-state index in [0.29, 0.717) is 11.4 Å². The average molecular weight is 270 g/mol. The van der Waals surface area contributed by atoms with Crippen molar-refractivity contribution in [3.05, 3.63) is 52.7 Å². The predicted molar refractivity (Wildman–Crippen MR) is 64.4 cm³/mol. The molecule has 2 rings (SSSR count). The Bertz CT molecular complexity index is 562. The summed E-state index contributed by atoms with van der Waals surface area (Å²) in [4.78, 5) is 10.6. The van der Waals surface area contributed by atoms with Crippen LogP contribution in [0.5, 0.6) is 0 Å². The smallest absolute Gasteiger partial charge is 0.338 e. The largest absolute Gasteiger partial charge is 0.478 e. The van der Waals surface area contributed by atoms with Crippen molar-refractivity contribution in [3.8, 4) is 0 Å². The highest BCUT2D eigenvalue weighted by Crippen LogP contribution is 2.19. The van der Waals surface area contributed by atoms with Crippen molar-refractivity contribution >= 4 is 23.3 Å². The number of carboxylic acids is 1. The molecule has 1 aromatic heterocycles. The molecular weight excluding hydrogens is 261 g/mol. The van der Waals surface area contributed by atoms with E-state index in [4.69, 9.17) is 21.1 Å². The number of halogens is 2. The van der Waals surface area contributed by atoms with E-state index in [9.17, 15) is 9.18 Å². The summed E-state index contributed by atoms with van der Waals surface area (Å²) < 4.78 is 18.1. The summed E-state index contributed by atoms with van der Waals surface area (Å²) in [6.07, 6.45) is 1.15. The maximum atomic E-state index is 13.0. The minimum absolute atomic E-state index is 0.0732. The van der Waals surface area contributed by atoms with Gasteiger partial charge in [-0.25, -0.2) is 9.18 Å². The minimum atomic E-state index is -1.06. The molecule has 6 heteroatoms. The van der Waals surface area contributed by atoms with Crippen molar-refractivity contribution < 1.29 is 18.7 Å². The van der Waals surface area contributed by atoms with Crippen LogP contribution in [0, 0.1) is 5.82 Å². The van der Waals surface area contributed by atoms with Crippen LogP contribution in [0.25, 0.3) is 0 Å². The van der Waals surface area contributed by atoms with Gasteiger partial charge in [0.25, 0.3) is 0 Å². The first-order valence-electron chi connectivity index (χ1n) is 5.05. The van der Waals surface area contributed by atoms with Gasteiger partial charge in [-0.2, -0.15) is 0 Å². The Balaban J connectivity index is 2.04. The van der Waals surface area contributed by atoms with Gasteiger partial charge in [-0.1, -0.05) is 11.6 Å². The van der Waals surface area contributed by atoms with Crippen LogP contribution in [0.4, 0.5) is 10.1 Å². The highest BCUT2D eigenvalue weighted by Gasteiger charge is 2.08. The maximum Gasteiger partial charge on any atom is 0.338 e. The monoisotopic (exact) mass is 269 g/mol. The minimum Gasteiger partial charge on any atom is -0.478 e. The first kappa shape index (κ1) is 12.4. The Morgan fingerprint density at radius 1 is 1.39 bits per heavy atom. The van der Waals surface area contributed by atoms with Gasteiger partial charge in [-0.15, -0.1) is 0 Å². The molecule has 2 N–H and O–H groups in total. The van der Waals surface area contributed by atoms with Crippen molar-refractivity contribution in [1.82, 2.24) is 0 Å². The number of hydrogen-bond donors (Lipinski definition) is 2. The van der Waals surface area contributed by atoms with Gasteiger partial charge in [-0.3, -0.25) is 0 Å². The van der Waals surface area contributed by atoms with E-state index in [-0.39, 0.29) is 17.1 Å². The Hall–Kier alpha value is -2.01. The van der Waals surface area contributed by atoms with Gasteiger partial charge in [0.2, 0.25) is 0 Å². The summed E-state index contributed by atoms with van der Waals surface area (Å²) in [5.74, 6) is -1.07. The summed E-state index contributed by atoms with van der Waals surface area (Å²) in [5.41, 5.74) is 0.567. The van der Waals surface area contributed by atoms with E-state index in [2.05, 4.69) is 5.32 Å². The lowest BCUT2D eigenvalue weighted by Crippen LogP contribution is -1.99. The zero-order valence-corrected chi connectivity index (χ0v) is 9.87. The summed E-state index contributed by atoms with van der Waals surface area (Å²) in [6, 6.07) is 5.44. The Labute approximate surface area is 107 Å². The van der Waals surface area contributed by atoms with Gasteiger partial charge in [0.1, 0.15) is 17.8 Å². The molecule has 2 aromatic rings. The van der Waals surface area contributed by atoms with E-state index in [1.807, 2.05) is 0 Å². The summed E-state index contributed by atoms with van der Waals surface area (Å²) in [5, 5.41) is 11.9. The van der Waals surface area contributed by atoms with Crippen molar-refractivity contribution in [2.75, 3.05) is 5.32 Å². The van der Waals surface area contributed by atoms with Crippen molar-refractivity contribution in [3.63, 3.8) is 0 Å². The second-order valence-electron chi connectivity index (χ2n) is 3.62.